The third-order valence-corrected chi connectivity index (χ3v) is 2.32. The number of carboxylic acids is 1. The van der Waals surface area contributed by atoms with E-state index in [2.05, 4.69) is 0 Å². The number of allylic oxidation sites excluding steroid dienone is 1. The van der Waals surface area contributed by atoms with Crippen molar-refractivity contribution in [2.75, 3.05) is 0 Å². The second-order valence-electron chi connectivity index (χ2n) is 3.41. The lowest BCUT2D eigenvalue weighted by atomic mass is 10.2. The first kappa shape index (κ1) is 10.9. The van der Waals surface area contributed by atoms with Gasteiger partial charge in [0.15, 0.2) is 0 Å². The van der Waals surface area contributed by atoms with Crippen molar-refractivity contribution in [3.63, 3.8) is 0 Å². The van der Waals surface area contributed by atoms with Crippen LogP contribution in [-0.4, -0.2) is 26.7 Å². The van der Waals surface area contributed by atoms with E-state index in [-0.39, 0.29) is 5.75 Å². The Kier molecular flexibility index (Phi) is 2.66. The van der Waals surface area contributed by atoms with Crippen molar-refractivity contribution in [2.24, 2.45) is 0 Å². The Balaban J connectivity index is 2.47. The molecule has 0 spiro atoms. The van der Waals surface area contributed by atoms with Crippen LogP contribution in [0.3, 0.4) is 0 Å². The summed E-state index contributed by atoms with van der Waals surface area (Å²) < 4.78 is 1.27. The average Bonchev–Trinajstić information content (AvgIpc) is 2.71. The van der Waals surface area contributed by atoms with Crippen molar-refractivity contribution in [1.82, 2.24) is 4.57 Å². The summed E-state index contributed by atoms with van der Waals surface area (Å²) in [4.78, 5) is 22.0. The number of carboxylic acid groups (broad SMARTS) is 1. The van der Waals surface area contributed by atoms with E-state index in [0.717, 1.165) is 12.2 Å². The summed E-state index contributed by atoms with van der Waals surface area (Å²) in [5, 5.41) is 18.5. The number of fused-ring (bicyclic) bond motifs is 1. The molecule has 0 bridgehead atoms. The quantitative estimate of drug-likeness (QED) is 0.770. The molecule has 5 heteroatoms. The number of benzene rings is 1. The van der Waals surface area contributed by atoms with Gasteiger partial charge >= 0.3 is 5.97 Å². The molecule has 0 aliphatic carbocycles. The van der Waals surface area contributed by atoms with Crippen molar-refractivity contribution in [3.8, 4) is 5.75 Å². The number of carbonyl (C=O) groups excluding carboxylic acids is 1. The lowest BCUT2D eigenvalue weighted by Crippen LogP contribution is -2.06. The van der Waals surface area contributed by atoms with E-state index >= 15 is 0 Å². The summed E-state index contributed by atoms with van der Waals surface area (Å²) in [7, 11) is 0. The van der Waals surface area contributed by atoms with Crippen LogP contribution in [0.5, 0.6) is 5.75 Å². The maximum atomic E-state index is 11.7. The Hall–Kier alpha value is -2.56. The first-order valence-electron chi connectivity index (χ1n) is 4.84. The third kappa shape index (κ3) is 2.03. The van der Waals surface area contributed by atoms with Gasteiger partial charge in [0.25, 0.3) is 5.91 Å². The Bertz CT molecular complexity index is 624. The molecule has 0 saturated carbocycles. The molecule has 1 heterocycles. The smallest absolute Gasteiger partial charge is 0.328 e. The van der Waals surface area contributed by atoms with Crippen molar-refractivity contribution in [3.05, 3.63) is 42.6 Å². The van der Waals surface area contributed by atoms with E-state index in [4.69, 9.17) is 5.11 Å². The lowest BCUT2D eigenvalue weighted by Gasteiger charge is -2.00. The molecule has 2 aromatic rings. The molecule has 0 amide bonds. The minimum atomic E-state index is -1.18. The van der Waals surface area contributed by atoms with Crippen molar-refractivity contribution in [2.45, 2.75) is 0 Å². The fourth-order valence-corrected chi connectivity index (χ4v) is 1.57. The maximum absolute atomic E-state index is 11.7. The summed E-state index contributed by atoms with van der Waals surface area (Å²) in [5.74, 6) is -1.58. The van der Waals surface area contributed by atoms with Crippen LogP contribution < -0.4 is 0 Å². The zero-order valence-corrected chi connectivity index (χ0v) is 8.70. The van der Waals surface area contributed by atoms with Crippen LogP contribution >= 0.6 is 0 Å². The van der Waals surface area contributed by atoms with Gasteiger partial charge in [-0.05, 0) is 18.2 Å². The van der Waals surface area contributed by atoms with Gasteiger partial charge in [-0.1, -0.05) is 6.07 Å². The highest BCUT2D eigenvalue weighted by Gasteiger charge is 2.08. The van der Waals surface area contributed by atoms with E-state index in [1.807, 2.05) is 0 Å². The van der Waals surface area contributed by atoms with Crippen LogP contribution in [0.1, 0.15) is 4.79 Å². The summed E-state index contributed by atoms with van der Waals surface area (Å²) in [6.07, 6.45) is 3.22. The normalized spacial score (nSPS) is 11.1. The monoisotopic (exact) mass is 231 g/mol. The molecule has 86 valence electrons. The fourth-order valence-electron chi connectivity index (χ4n) is 1.57. The predicted octanol–water partition coefficient (Wildman–Crippen LogP) is 1.63. The first-order chi connectivity index (χ1) is 8.09. The number of rotatable bonds is 2. The zero-order chi connectivity index (χ0) is 12.4. The molecule has 0 radical (unpaired) electrons. The number of aromatic hydroxyl groups is 1. The van der Waals surface area contributed by atoms with Gasteiger partial charge in [-0.3, -0.25) is 9.36 Å². The molecule has 0 aliphatic heterocycles. The van der Waals surface area contributed by atoms with Crippen LogP contribution in [0.25, 0.3) is 10.9 Å². The molecule has 0 fully saturated rings. The largest absolute Gasteiger partial charge is 0.507 e. The van der Waals surface area contributed by atoms with Crippen LogP contribution in [0.2, 0.25) is 0 Å². The van der Waals surface area contributed by atoms with Gasteiger partial charge in [0.05, 0.1) is 5.52 Å². The van der Waals surface area contributed by atoms with Gasteiger partial charge < -0.3 is 10.2 Å². The standard InChI is InChI=1S/C12H9NO4/c14-10-3-1-2-9-8(10)6-7-13(9)11(15)4-5-12(16)17/h1-7,14H,(H,16,17)/b5-4+. The molecule has 0 saturated heterocycles. The molecule has 2 rings (SSSR count). The van der Waals surface area contributed by atoms with Gasteiger partial charge in [-0.15, -0.1) is 0 Å². The molecular weight excluding hydrogens is 222 g/mol. The van der Waals surface area contributed by atoms with Crippen molar-refractivity contribution >= 4 is 22.8 Å². The molecule has 1 aromatic carbocycles. The number of hydrogen-bond donors (Lipinski definition) is 2. The molecule has 17 heavy (non-hydrogen) atoms. The topological polar surface area (TPSA) is 79.5 Å². The first-order valence-corrected chi connectivity index (χ1v) is 4.84. The minimum absolute atomic E-state index is 0.0799. The summed E-state index contributed by atoms with van der Waals surface area (Å²) in [6, 6.07) is 6.39. The van der Waals surface area contributed by atoms with Crippen LogP contribution in [0.4, 0.5) is 0 Å². The Morgan fingerprint density at radius 2 is 1.94 bits per heavy atom. The average molecular weight is 231 g/mol. The van der Waals surface area contributed by atoms with E-state index in [1.54, 1.807) is 18.2 Å². The van der Waals surface area contributed by atoms with Gasteiger partial charge in [0.1, 0.15) is 5.75 Å². The number of carbonyl (C=O) groups is 2. The third-order valence-electron chi connectivity index (χ3n) is 2.32. The van der Waals surface area contributed by atoms with Crippen molar-refractivity contribution < 1.29 is 19.8 Å². The molecule has 5 nitrogen and oxygen atoms in total. The number of aliphatic carboxylic acids is 1. The highest BCUT2D eigenvalue weighted by molar-refractivity contribution is 6.01. The predicted molar refractivity (Wildman–Crippen MR) is 61.0 cm³/mol. The van der Waals surface area contributed by atoms with Crippen molar-refractivity contribution in [1.29, 1.82) is 0 Å². The van der Waals surface area contributed by atoms with Gasteiger partial charge in [0, 0.05) is 23.7 Å². The molecule has 0 atom stereocenters. The summed E-state index contributed by atoms with van der Waals surface area (Å²) >= 11 is 0. The molecule has 2 N–H and O–H groups in total. The maximum Gasteiger partial charge on any atom is 0.328 e. The Morgan fingerprint density at radius 3 is 2.65 bits per heavy atom. The number of phenolic OH excluding ortho intramolecular Hbond substituents is 1. The molecular formula is C12H9NO4. The van der Waals surface area contributed by atoms with Crippen LogP contribution in [0.15, 0.2) is 42.6 Å². The van der Waals surface area contributed by atoms with E-state index in [9.17, 15) is 14.7 Å². The summed E-state index contributed by atoms with van der Waals surface area (Å²) in [5.41, 5.74) is 0.532. The number of aromatic nitrogens is 1. The Labute approximate surface area is 96.2 Å². The number of phenols is 1. The second kappa shape index (κ2) is 4.13. The molecule has 0 unspecified atom stereocenters. The number of nitrogens with zero attached hydrogens (tertiary/aromatic N) is 1. The van der Waals surface area contributed by atoms with Crippen LogP contribution in [-0.2, 0) is 4.79 Å². The molecule has 1 aromatic heterocycles. The highest BCUT2D eigenvalue weighted by Crippen LogP contribution is 2.24. The fraction of sp³-hybridized carbons (Fsp3) is 0. The lowest BCUT2D eigenvalue weighted by molar-refractivity contribution is -0.131. The molecule has 0 aliphatic rings. The SMILES string of the molecule is O=C(O)/C=C/C(=O)n1ccc2c(O)cccc21. The van der Waals surface area contributed by atoms with Crippen LogP contribution in [0, 0.1) is 0 Å². The van der Waals surface area contributed by atoms with E-state index in [0.29, 0.717) is 10.9 Å². The minimum Gasteiger partial charge on any atom is -0.507 e. The Morgan fingerprint density at radius 1 is 1.18 bits per heavy atom. The van der Waals surface area contributed by atoms with Gasteiger partial charge in [0.2, 0.25) is 0 Å². The van der Waals surface area contributed by atoms with Gasteiger partial charge in [-0.25, -0.2) is 4.79 Å². The summed E-state index contributed by atoms with van der Waals surface area (Å²) in [6.45, 7) is 0. The van der Waals surface area contributed by atoms with Gasteiger partial charge in [-0.2, -0.15) is 0 Å². The van der Waals surface area contributed by atoms with E-state index < -0.39 is 11.9 Å². The zero-order valence-electron chi connectivity index (χ0n) is 8.70. The number of hydrogen-bond acceptors (Lipinski definition) is 3. The van der Waals surface area contributed by atoms with E-state index in [1.165, 1.54) is 16.8 Å². The highest BCUT2D eigenvalue weighted by atomic mass is 16.4. The second-order valence-corrected chi connectivity index (χ2v) is 3.41.